The number of methoxy groups -OCH3 is 2. The summed E-state index contributed by atoms with van der Waals surface area (Å²) in [6.45, 7) is -0.415. The highest BCUT2D eigenvalue weighted by atomic mass is 16.5. The molecule has 1 atom stereocenters. The maximum atomic E-state index is 13.3. The number of hydrogen-bond acceptors (Lipinski definition) is 5. The second-order valence-corrected chi connectivity index (χ2v) is 9.64. The number of rotatable bonds is 7. The van der Waals surface area contributed by atoms with Crippen molar-refractivity contribution in [2.24, 2.45) is 0 Å². The summed E-state index contributed by atoms with van der Waals surface area (Å²) in [5.74, 6) is 4.14. The Morgan fingerprint density at radius 3 is 2.29 bits per heavy atom. The van der Waals surface area contributed by atoms with E-state index >= 15 is 0 Å². The van der Waals surface area contributed by atoms with E-state index in [4.69, 9.17) is 9.47 Å². The van der Waals surface area contributed by atoms with Gasteiger partial charge in [-0.1, -0.05) is 79.8 Å². The molecule has 1 unspecified atom stereocenters. The molecule has 6 heteroatoms. The summed E-state index contributed by atoms with van der Waals surface area (Å²) in [6, 6.07) is 20.7. The van der Waals surface area contributed by atoms with Crippen LogP contribution in [0.1, 0.15) is 54.7 Å². The Hall–Kier alpha value is -4.11. The van der Waals surface area contributed by atoms with Crippen LogP contribution >= 0.6 is 0 Å². The highest BCUT2D eigenvalue weighted by Crippen LogP contribution is 2.32. The van der Waals surface area contributed by atoms with E-state index < -0.39 is 30.4 Å². The van der Waals surface area contributed by atoms with Gasteiger partial charge in [0.2, 0.25) is 0 Å². The van der Waals surface area contributed by atoms with E-state index in [2.05, 4.69) is 24.0 Å². The molecule has 4 rings (SSSR count). The van der Waals surface area contributed by atoms with Crippen LogP contribution in [0.15, 0.2) is 66.7 Å². The molecular weight excluding hydrogens is 478 g/mol. The van der Waals surface area contributed by atoms with E-state index in [0.29, 0.717) is 11.5 Å². The van der Waals surface area contributed by atoms with Gasteiger partial charge in [-0.25, -0.2) is 4.79 Å². The summed E-state index contributed by atoms with van der Waals surface area (Å²) in [5, 5.41) is 2.07. The van der Waals surface area contributed by atoms with Crippen LogP contribution in [0, 0.1) is 11.8 Å². The fraction of sp³-hybridized carbons (Fsp3) is 0.344. The van der Waals surface area contributed by atoms with E-state index in [9.17, 15) is 14.4 Å². The third-order valence-corrected chi connectivity index (χ3v) is 7.19. The molecule has 0 N–H and O–H groups in total. The van der Waals surface area contributed by atoms with Gasteiger partial charge in [-0.15, -0.1) is 0 Å². The van der Waals surface area contributed by atoms with Gasteiger partial charge in [-0.3, -0.25) is 9.59 Å². The first kappa shape index (κ1) is 26.9. The molecule has 1 saturated carbocycles. The van der Waals surface area contributed by atoms with Crippen molar-refractivity contribution in [1.29, 1.82) is 0 Å². The minimum absolute atomic E-state index is 0.192. The van der Waals surface area contributed by atoms with Crippen molar-refractivity contribution in [1.82, 2.24) is 4.90 Å². The number of ether oxygens (including phenoxy) is 2. The van der Waals surface area contributed by atoms with Crippen molar-refractivity contribution >= 4 is 28.6 Å². The average molecular weight is 512 g/mol. The fourth-order valence-corrected chi connectivity index (χ4v) is 5.03. The summed E-state index contributed by atoms with van der Waals surface area (Å²) < 4.78 is 9.83. The molecule has 1 aliphatic rings. The number of carbonyl (C=O) groups is 3. The van der Waals surface area contributed by atoms with Crippen molar-refractivity contribution in [3.05, 3.63) is 83.4 Å². The first-order chi connectivity index (χ1) is 18.5. The van der Waals surface area contributed by atoms with Gasteiger partial charge in [0.05, 0.1) is 14.2 Å². The van der Waals surface area contributed by atoms with E-state index in [1.807, 2.05) is 54.6 Å². The quantitative estimate of drug-likeness (QED) is 0.329. The van der Waals surface area contributed by atoms with Crippen LogP contribution in [0.5, 0.6) is 0 Å². The van der Waals surface area contributed by atoms with Gasteiger partial charge in [0.15, 0.2) is 0 Å². The zero-order chi connectivity index (χ0) is 26.9. The Morgan fingerprint density at radius 1 is 0.895 bits per heavy atom. The Kier molecular flexibility index (Phi) is 9.16. The summed E-state index contributed by atoms with van der Waals surface area (Å²) in [4.78, 5) is 39.5. The molecule has 0 saturated heterocycles. The maximum absolute atomic E-state index is 13.3. The van der Waals surface area contributed by atoms with E-state index in [1.54, 1.807) is 0 Å². The molecule has 0 aromatic heterocycles. The van der Waals surface area contributed by atoms with Gasteiger partial charge in [0.1, 0.15) is 12.6 Å². The highest BCUT2D eigenvalue weighted by Gasteiger charge is 2.32. The summed E-state index contributed by atoms with van der Waals surface area (Å²) >= 11 is 0. The molecule has 0 aliphatic heterocycles. The SMILES string of the molecule is COC(=O)CN(C(=O)C#Cc1ccc2ccccc2c1)C(Cc1ccc(C2CCCCC2)cc1)C(=O)OC. The van der Waals surface area contributed by atoms with Gasteiger partial charge < -0.3 is 14.4 Å². The summed E-state index contributed by atoms with van der Waals surface area (Å²) in [7, 11) is 2.51. The largest absolute Gasteiger partial charge is 0.468 e. The van der Waals surface area contributed by atoms with Gasteiger partial charge in [0.25, 0.3) is 5.91 Å². The zero-order valence-electron chi connectivity index (χ0n) is 21.9. The smallest absolute Gasteiger partial charge is 0.328 e. The van der Waals surface area contributed by atoms with Gasteiger partial charge >= 0.3 is 11.9 Å². The molecule has 0 radical (unpaired) electrons. The van der Waals surface area contributed by atoms with E-state index in [-0.39, 0.29) is 6.42 Å². The molecule has 6 nitrogen and oxygen atoms in total. The van der Waals surface area contributed by atoms with Gasteiger partial charge in [-0.05, 0) is 52.8 Å². The molecular formula is C32H33NO5. The predicted molar refractivity (Wildman–Crippen MR) is 146 cm³/mol. The first-order valence-corrected chi connectivity index (χ1v) is 13.0. The molecule has 0 heterocycles. The minimum Gasteiger partial charge on any atom is -0.468 e. The number of carbonyl (C=O) groups excluding carboxylic acids is 3. The average Bonchev–Trinajstić information content (AvgIpc) is 2.97. The Morgan fingerprint density at radius 2 is 1.61 bits per heavy atom. The molecule has 3 aromatic carbocycles. The lowest BCUT2D eigenvalue weighted by atomic mass is 9.84. The number of benzene rings is 3. The topological polar surface area (TPSA) is 72.9 Å². The normalized spacial score (nSPS) is 14.2. The predicted octanol–water partition coefficient (Wildman–Crippen LogP) is 5.02. The fourth-order valence-electron chi connectivity index (χ4n) is 5.03. The molecule has 1 amide bonds. The number of hydrogen-bond donors (Lipinski definition) is 0. The maximum Gasteiger partial charge on any atom is 0.328 e. The Bertz CT molecular complexity index is 1350. The molecule has 3 aromatic rings. The zero-order valence-corrected chi connectivity index (χ0v) is 21.9. The summed E-state index contributed by atoms with van der Waals surface area (Å²) in [6.07, 6.45) is 6.38. The van der Waals surface area contributed by atoms with Crippen LogP contribution in [0.2, 0.25) is 0 Å². The van der Waals surface area contributed by atoms with Crippen LogP contribution in [0.3, 0.4) is 0 Å². The second kappa shape index (κ2) is 12.9. The molecule has 1 fully saturated rings. The van der Waals surface area contributed by atoms with Crippen LogP contribution < -0.4 is 0 Å². The van der Waals surface area contributed by atoms with Crippen molar-refractivity contribution in [2.45, 2.75) is 50.5 Å². The van der Waals surface area contributed by atoms with Crippen molar-refractivity contribution < 1.29 is 23.9 Å². The van der Waals surface area contributed by atoms with E-state index in [1.165, 1.54) is 51.9 Å². The third kappa shape index (κ3) is 6.80. The number of amides is 1. The Labute approximate surface area is 223 Å². The molecule has 1 aliphatic carbocycles. The van der Waals surface area contributed by atoms with Crippen LogP contribution in [0.4, 0.5) is 0 Å². The highest BCUT2D eigenvalue weighted by molar-refractivity contribution is 5.98. The molecule has 0 bridgehead atoms. The molecule has 196 valence electrons. The minimum atomic E-state index is -1.03. The van der Waals surface area contributed by atoms with Crippen LogP contribution in [0.25, 0.3) is 10.8 Å². The summed E-state index contributed by atoms with van der Waals surface area (Å²) in [5.41, 5.74) is 2.82. The lowest BCUT2D eigenvalue weighted by Crippen LogP contribution is -2.49. The third-order valence-electron chi connectivity index (χ3n) is 7.19. The monoisotopic (exact) mass is 511 g/mol. The van der Waals surface area contributed by atoms with Gasteiger partial charge in [0, 0.05) is 17.9 Å². The standard InChI is InChI=1S/C32H33NO5/c1-37-31(35)22-33(30(34)19-15-23-12-16-26-10-6-7-11-28(26)20-23)29(32(36)38-2)21-24-13-17-27(18-14-24)25-8-4-3-5-9-25/h6-7,10-14,16-18,20,25,29H,3-5,8-9,21-22H2,1-2H3. The lowest BCUT2D eigenvalue weighted by molar-refractivity contribution is -0.155. The van der Waals surface area contributed by atoms with Crippen molar-refractivity contribution in [2.75, 3.05) is 20.8 Å². The molecule has 38 heavy (non-hydrogen) atoms. The lowest BCUT2D eigenvalue weighted by Gasteiger charge is -2.27. The first-order valence-electron chi connectivity index (χ1n) is 13.0. The van der Waals surface area contributed by atoms with Crippen LogP contribution in [-0.2, 0) is 30.3 Å². The van der Waals surface area contributed by atoms with E-state index in [0.717, 1.165) is 21.2 Å². The Balaban J connectivity index is 1.57. The van der Waals surface area contributed by atoms with Crippen LogP contribution in [-0.4, -0.2) is 49.6 Å². The van der Waals surface area contributed by atoms with Crippen molar-refractivity contribution in [3.8, 4) is 11.8 Å². The van der Waals surface area contributed by atoms with Crippen molar-refractivity contribution in [3.63, 3.8) is 0 Å². The number of nitrogens with zero attached hydrogens (tertiary/aromatic N) is 1. The second-order valence-electron chi connectivity index (χ2n) is 9.64. The molecule has 0 spiro atoms. The number of fused-ring (bicyclic) bond motifs is 1. The van der Waals surface area contributed by atoms with Gasteiger partial charge in [-0.2, -0.15) is 0 Å². The number of esters is 2.